The fraction of sp³-hybridized carbons (Fsp3) is 0.923. The van der Waals surface area contributed by atoms with Gasteiger partial charge >= 0.3 is 5.97 Å². The van der Waals surface area contributed by atoms with Crippen molar-refractivity contribution in [1.29, 1.82) is 0 Å². The van der Waals surface area contributed by atoms with Gasteiger partial charge in [0, 0.05) is 0 Å². The normalized spacial score (nSPS) is 20.0. The molecule has 17 heavy (non-hydrogen) atoms. The van der Waals surface area contributed by atoms with Gasteiger partial charge in [-0.25, -0.2) is 0 Å². The molecule has 1 aliphatic heterocycles. The SMILES string of the molecule is CCC1(COC(=O)C(C)(C)CC)COCOC1. The maximum Gasteiger partial charge on any atom is 0.311 e. The lowest BCUT2D eigenvalue weighted by molar-refractivity contribution is -0.190. The summed E-state index contributed by atoms with van der Waals surface area (Å²) in [4.78, 5) is 11.9. The second-order valence-corrected chi connectivity index (χ2v) is 5.48. The third kappa shape index (κ3) is 3.68. The first-order chi connectivity index (χ1) is 7.96. The summed E-state index contributed by atoms with van der Waals surface area (Å²) in [5.41, 5.74) is -0.580. The maximum atomic E-state index is 11.9. The van der Waals surface area contributed by atoms with E-state index >= 15 is 0 Å². The van der Waals surface area contributed by atoms with Gasteiger partial charge in [-0.15, -0.1) is 0 Å². The highest BCUT2D eigenvalue weighted by Crippen LogP contribution is 2.29. The largest absolute Gasteiger partial charge is 0.465 e. The van der Waals surface area contributed by atoms with Gasteiger partial charge in [-0.2, -0.15) is 0 Å². The minimum Gasteiger partial charge on any atom is -0.465 e. The molecule has 0 aromatic rings. The molecule has 0 spiro atoms. The summed E-state index contributed by atoms with van der Waals surface area (Å²) in [5, 5.41) is 0. The van der Waals surface area contributed by atoms with E-state index in [0.29, 0.717) is 26.6 Å². The Kier molecular flexibility index (Phi) is 4.95. The molecule has 1 rings (SSSR count). The Morgan fingerprint density at radius 3 is 2.35 bits per heavy atom. The minimum absolute atomic E-state index is 0.140. The van der Waals surface area contributed by atoms with Crippen molar-refractivity contribution in [3.05, 3.63) is 0 Å². The molecule has 0 bridgehead atoms. The predicted octanol–water partition coefficient (Wildman–Crippen LogP) is 2.37. The van der Waals surface area contributed by atoms with Crippen molar-refractivity contribution >= 4 is 5.97 Å². The summed E-state index contributed by atoms with van der Waals surface area (Å²) >= 11 is 0. The molecule has 0 atom stereocenters. The smallest absolute Gasteiger partial charge is 0.311 e. The zero-order valence-electron chi connectivity index (χ0n) is 11.4. The number of hydrogen-bond acceptors (Lipinski definition) is 4. The van der Waals surface area contributed by atoms with Crippen LogP contribution in [-0.4, -0.2) is 32.6 Å². The van der Waals surface area contributed by atoms with Gasteiger partial charge in [0.05, 0.1) is 24.0 Å². The van der Waals surface area contributed by atoms with Crippen molar-refractivity contribution in [2.24, 2.45) is 10.8 Å². The van der Waals surface area contributed by atoms with Crippen LogP contribution in [0.25, 0.3) is 0 Å². The number of hydrogen-bond donors (Lipinski definition) is 0. The Morgan fingerprint density at radius 2 is 1.88 bits per heavy atom. The molecule has 4 nitrogen and oxygen atoms in total. The van der Waals surface area contributed by atoms with Gasteiger partial charge < -0.3 is 14.2 Å². The molecule has 1 heterocycles. The van der Waals surface area contributed by atoms with Crippen LogP contribution in [0.15, 0.2) is 0 Å². The average molecular weight is 244 g/mol. The molecule has 0 N–H and O–H groups in total. The molecule has 0 radical (unpaired) electrons. The molecule has 1 fully saturated rings. The zero-order chi connectivity index (χ0) is 12.9. The summed E-state index contributed by atoms with van der Waals surface area (Å²) < 4.78 is 16.0. The highest BCUT2D eigenvalue weighted by Gasteiger charge is 2.36. The molecular weight excluding hydrogens is 220 g/mol. The van der Waals surface area contributed by atoms with E-state index in [9.17, 15) is 4.79 Å². The molecule has 0 aromatic heterocycles. The number of carbonyl (C=O) groups is 1. The number of ether oxygens (including phenoxy) is 3. The van der Waals surface area contributed by atoms with Crippen LogP contribution in [0.5, 0.6) is 0 Å². The monoisotopic (exact) mass is 244 g/mol. The maximum absolute atomic E-state index is 11.9. The van der Waals surface area contributed by atoms with Crippen LogP contribution in [-0.2, 0) is 19.0 Å². The van der Waals surface area contributed by atoms with E-state index in [0.717, 1.165) is 12.8 Å². The van der Waals surface area contributed by atoms with Crippen LogP contribution < -0.4 is 0 Å². The fourth-order valence-corrected chi connectivity index (χ4v) is 1.56. The first-order valence-electron chi connectivity index (χ1n) is 6.28. The van der Waals surface area contributed by atoms with Crippen molar-refractivity contribution in [2.45, 2.75) is 40.5 Å². The van der Waals surface area contributed by atoms with Crippen LogP contribution in [0, 0.1) is 10.8 Å². The van der Waals surface area contributed by atoms with E-state index in [-0.39, 0.29) is 11.4 Å². The Hall–Kier alpha value is -0.610. The zero-order valence-corrected chi connectivity index (χ0v) is 11.4. The predicted molar refractivity (Wildman–Crippen MR) is 64.5 cm³/mol. The summed E-state index contributed by atoms with van der Waals surface area (Å²) in [6.45, 7) is 9.79. The molecule has 0 unspecified atom stereocenters. The molecular formula is C13H24O4. The van der Waals surface area contributed by atoms with Gasteiger partial charge in [0.25, 0.3) is 0 Å². The first-order valence-corrected chi connectivity index (χ1v) is 6.28. The molecule has 1 saturated heterocycles. The van der Waals surface area contributed by atoms with Gasteiger partial charge in [-0.1, -0.05) is 13.8 Å². The third-order valence-electron chi connectivity index (χ3n) is 3.68. The lowest BCUT2D eigenvalue weighted by Gasteiger charge is -2.36. The van der Waals surface area contributed by atoms with Crippen molar-refractivity contribution < 1.29 is 19.0 Å². The Bertz CT molecular complexity index is 254. The topological polar surface area (TPSA) is 44.8 Å². The molecule has 0 aliphatic carbocycles. The van der Waals surface area contributed by atoms with Crippen LogP contribution in [0.2, 0.25) is 0 Å². The van der Waals surface area contributed by atoms with Gasteiger partial charge in [-0.05, 0) is 26.7 Å². The first kappa shape index (κ1) is 14.5. The fourth-order valence-electron chi connectivity index (χ4n) is 1.56. The Labute approximate surface area is 104 Å². The second kappa shape index (κ2) is 5.83. The highest BCUT2D eigenvalue weighted by molar-refractivity contribution is 5.75. The second-order valence-electron chi connectivity index (χ2n) is 5.48. The van der Waals surface area contributed by atoms with Gasteiger partial charge in [0.2, 0.25) is 0 Å². The third-order valence-corrected chi connectivity index (χ3v) is 3.68. The Balaban J connectivity index is 2.50. The molecule has 0 amide bonds. The summed E-state index contributed by atoms with van der Waals surface area (Å²) in [6, 6.07) is 0. The lowest BCUT2D eigenvalue weighted by Crippen LogP contribution is -2.42. The molecule has 0 aromatic carbocycles. The van der Waals surface area contributed by atoms with E-state index in [1.807, 2.05) is 20.8 Å². The van der Waals surface area contributed by atoms with Crippen LogP contribution in [0.1, 0.15) is 40.5 Å². The van der Waals surface area contributed by atoms with Crippen molar-refractivity contribution in [1.82, 2.24) is 0 Å². The molecule has 0 saturated carbocycles. The number of rotatable bonds is 5. The quantitative estimate of drug-likeness (QED) is 0.696. The average Bonchev–Trinajstić information content (AvgIpc) is 2.37. The molecule has 100 valence electrons. The lowest BCUT2D eigenvalue weighted by atomic mass is 9.87. The minimum atomic E-state index is -0.411. The van der Waals surface area contributed by atoms with Gasteiger partial charge in [0.1, 0.15) is 13.4 Å². The van der Waals surface area contributed by atoms with E-state index < -0.39 is 5.41 Å². The van der Waals surface area contributed by atoms with Crippen molar-refractivity contribution in [3.8, 4) is 0 Å². The van der Waals surface area contributed by atoms with Crippen LogP contribution in [0.3, 0.4) is 0 Å². The standard InChI is InChI=1S/C13H24O4/c1-5-12(3,4)11(14)17-9-13(6-2)7-15-10-16-8-13/h5-10H2,1-4H3. The summed E-state index contributed by atoms with van der Waals surface area (Å²) in [7, 11) is 0. The van der Waals surface area contributed by atoms with Crippen molar-refractivity contribution in [2.75, 3.05) is 26.6 Å². The van der Waals surface area contributed by atoms with E-state index in [1.165, 1.54) is 0 Å². The van der Waals surface area contributed by atoms with E-state index in [1.54, 1.807) is 0 Å². The summed E-state index contributed by atoms with van der Waals surface area (Å²) in [5.74, 6) is -0.140. The van der Waals surface area contributed by atoms with Crippen LogP contribution in [0.4, 0.5) is 0 Å². The molecule has 1 aliphatic rings. The van der Waals surface area contributed by atoms with Gasteiger partial charge in [0.15, 0.2) is 0 Å². The van der Waals surface area contributed by atoms with E-state index in [4.69, 9.17) is 14.2 Å². The highest BCUT2D eigenvalue weighted by atomic mass is 16.7. The Morgan fingerprint density at radius 1 is 1.29 bits per heavy atom. The molecule has 4 heteroatoms. The van der Waals surface area contributed by atoms with Gasteiger partial charge in [-0.3, -0.25) is 4.79 Å². The number of carbonyl (C=O) groups excluding carboxylic acids is 1. The number of esters is 1. The van der Waals surface area contributed by atoms with Crippen LogP contribution >= 0.6 is 0 Å². The van der Waals surface area contributed by atoms with Crippen molar-refractivity contribution in [3.63, 3.8) is 0 Å². The van der Waals surface area contributed by atoms with E-state index in [2.05, 4.69) is 6.92 Å². The summed E-state index contributed by atoms with van der Waals surface area (Å²) in [6.07, 6.45) is 1.66.